The van der Waals surface area contributed by atoms with Gasteiger partial charge in [-0.2, -0.15) is 4.98 Å². The van der Waals surface area contributed by atoms with E-state index in [1.807, 2.05) is 62.0 Å². The summed E-state index contributed by atoms with van der Waals surface area (Å²) in [6.07, 6.45) is 8.20. The van der Waals surface area contributed by atoms with Gasteiger partial charge in [0.25, 0.3) is 5.91 Å². The van der Waals surface area contributed by atoms with E-state index in [4.69, 9.17) is 28.7 Å². The molecule has 23 heteroatoms. The average Bonchev–Trinajstić information content (AvgIpc) is 4.40. The number of ether oxygens (including phenoxy) is 5. The highest BCUT2D eigenvalue weighted by Gasteiger charge is 2.45. The highest BCUT2D eigenvalue weighted by molar-refractivity contribution is 7.13. The molecule has 2 aliphatic heterocycles. The van der Waals surface area contributed by atoms with Crippen LogP contribution in [0.3, 0.4) is 0 Å². The number of anilines is 3. The van der Waals surface area contributed by atoms with Gasteiger partial charge in [0.15, 0.2) is 11.6 Å². The Morgan fingerprint density at radius 3 is 2.27 bits per heavy atom. The molecule has 4 amide bonds. The van der Waals surface area contributed by atoms with Crippen LogP contribution >= 0.6 is 11.3 Å². The highest BCUT2D eigenvalue weighted by Crippen LogP contribution is 2.43. The lowest BCUT2D eigenvalue weighted by molar-refractivity contribution is -0.144. The van der Waals surface area contributed by atoms with Crippen molar-refractivity contribution in [3.8, 4) is 21.9 Å². The van der Waals surface area contributed by atoms with Crippen LogP contribution in [0.4, 0.5) is 17.5 Å². The van der Waals surface area contributed by atoms with Crippen LogP contribution in [-0.4, -0.2) is 161 Å². The Kier molecular flexibility index (Phi) is 20.1. The molecule has 0 spiro atoms. The number of amides is 4. The molecule has 8 rings (SSSR count). The number of aryl methyl sites for hydroxylation is 1. The minimum Gasteiger partial charge on any atom is -0.495 e. The molecule has 2 fully saturated rings. The molecule has 5 N–H and O–H groups in total. The van der Waals surface area contributed by atoms with Gasteiger partial charge in [-0.25, -0.2) is 9.97 Å². The number of benzene rings is 2. The van der Waals surface area contributed by atoms with Gasteiger partial charge < -0.3 is 59.9 Å². The first kappa shape index (κ1) is 57.5. The fraction of sp³-hybridized carbons (Fsp3) is 0.545. The van der Waals surface area contributed by atoms with Crippen LogP contribution < -0.4 is 30.9 Å². The summed E-state index contributed by atoms with van der Waals surface area (Å²) in [5, 5.41) is 31.2. The van der Waals surface area contributed by atoms with Gasteiger partial charge in [-0.05, 0) is 60.9 Å². The molecule has 78 heavy (non-hydrogen) atoms. The maximum absolute atomic E-state index is 14.0. The number of fused-ring (bicyclic) bond motifs is 3. The molecule has 0 radical (unpaired) electrons. The normalized spacial score (nSPS) is 17.6. The summed E-state index contributed by atoms with van der Waals surface area (Å²) in [6, 6.07) is 11.6. The van der Waals surface area contributed by atoms with Crippen LogP contribution in [-0.2, 0) is 39.9 Å². The number of hydrogen-bond donors (Lipinski definition) is 5. The zero-order valence-electron chi connectivity index (χ0n) is 45.5. The maximum atomic E-state index is 14.0. The van der Waals surface area contributed by atoms with E-state index in [1.54, 1.807) is 49.2 Å². The maximum Gasteiger partial charge on any atom is 0.251 e. The second-order valence-electron chi connectivity index (χ2n) is 20.7. The van der Waals surface area contributed by atoms with Crippen LogP contribution in [0.15, 0.2) is 60.5 Å². The van der Waals surface area contributed by atoms with Crippen molar-refractivity contribution in [2.45, 2.75) is 116 Å². The number of aliphatic hydroxyl groups excluding tert-OH is 1. The molecule has 3 aromatic heterocycles. The molecule has 1 saturated heterocycles. The van der Waals surface area contributed by atoms with Gasteiger partial charge in [0.1, 0.15) is 29.8 Å². The molecule has 2 aromatic carbocycles. The standard InChI is InChI=1S/C55H74N12O10S/c1-7-42-50-64-60-33-66(50)44-31-58-54(63-49(44)67(42)39-10-8-9-11-39)61-41-17-16-38(28-45(41)73-6)51(70)56-19-21-75-23-25-77-27-26-76-24-22-74-20-18-46(69)62-48(55(3,4)5)53(72)65-32-40(68)29-43(65)52(71)57-30-36-12-14-37(15-13-36)47-35(2)59-34-78-47/h12-17,28,31,33-34,39-40,42-43,48,68H,7-11,18-27,29-30,32H2,1-6H3,(H,56,70)(H,57,71)(H,62,69)(H,58,61,63)/t40-,42-,43+,48-/m1/s1. The summed E-state index contributed by atoms with van der Waals surface area (Å²) in [5.74, 6) is 1.18. The van der Waals surface area contributed by atoms with Crippen LogP contribution in [0.25, 0.3) is 16.1 Å². The van der Waals surface area contributed by atoms with Gasteiger partial charge in [-0.1, -0.05) is 64.8 Å². The molecule has 3 aliphatic rings. The van der Waals surface area contributed by atoms with Crippen molar-refractivity contribution in [3.05, 3.63) is 83.1 Å². The predicted molar refractivity (Wildman–Crippen MR) is 293 cm³/mol. The number of aliphatic hydroxyl groups is 1. The monoisotopic (exact) mass is 1090 g/mol. The van der Waals surface area contributed by atoms with Crippen LogP contribution in [0.5, 0.6) is 5.75 Å². The number of methoxy groups -OCH3 is 1. The van der Waals surface area contributed by atoms with Gasteiger partial charge >= 0.3 is 0 Å². The number of thiazole rings is 1. The molecule has 0 bridgehead atoms. The van der Waals surface area contributed by atoms with Crippen molar-refractivity contribution < 1.29 is 48.0 Å². The van der Waals surface area contributed by atoms with E-state index in [-0.39, 0.29) is 62.9 Å². The number of β-amino-alcohol motifs (C(OH)–C–C–N with tert-alkyl or cyclic N) is 1. The van der Waals surface area contributed by atoms with Crippen molar-refractivity contribution in [3.63, 3.8) is 0 Å². The van der Waals surface area contributed by atoms with E-state index >= 15 is 0 Å². The summed E-state index contributed by atoms with van der Waals surface area (Å²) >= 11 is 1.57. The molecule has 1 aliphatic carbocycles. The summed E-state index contributed by atoms with van der Waals surface area (Å²) in [5.41, 5.74) is 5.92. The van der Waals surface area contributed by atoms with Crippen molar-refractivity contribution in [1.29, 1.82) is 0 Å². The number of aromatic nitrogens is 6. The number of rotatable bonds is 27. The molecule has 0 unspecified atom stereocenters. The van der Waals surface area contributed by atoms with Gasteiger partial charge in [-0.3, -0.25) is 23.7 Å². The molecule has 5 heterocycles. The Hall–Kier alpha value is -6.63. The topological polar surface area (TPSA) is 259 Å². The SMILES string of the molecule is CC[C@@H]1c2nncn2-c2cnc(Nc3ccc(C(=O)NCCOCCOCCOCCOCCC(=O)N[C@H](C(=O)N4C[C@H](O)C[C@H]4C(=O)NCc4ccc(-c5scnc5C)cc4)C(C)(C)C)cc3OC)nc2N1C1CCCC1. The number of carbonyl (C=O) groups is 4. The van der Waals surface area contributed by atoms with Gasteiger partial charge in [-0.15, -0.1) is 21.5 Å². The van der Waals surface area contributed by atoms with Crippen LogP contribution in [0, 0.1) is 12.3 Å². The fourth-order valence-electron chi connectivity index (χ4n) is 10.0. The second kappa shape index (κ2) is 27.3. The molecule has 22 nitrogen and oxygen atoms in total. The first-order valence-electron chi connectivity index (χ1n) is 26.9. The predicted octanol–water partition coefficient (Wildman–Crippen LogP) is 5.45. The molecule has 420 valence electrons. The van der Waals surface area contributed by atoms with Crippen molar-refractivity contribution >= 4 is 52.4 Å². The van der Waals surface area contributed by atoms with E-state index in [1.165, 1.54) is 17.7 Å². The van der Waals surface area contributed by atoms with E-state index in [0.29, 0.717) is 75.2 Å². The highest BCUT2D eigenvalue weighted by atomic mass is 32.1. The average molecular weight is 1100 g/mol. The smallest absolute Gasteiger partial charge is 0.251 e. The Morgan fingerprint density at radius 1 is 0.897 bits per heavy atom. The van der Waals surface area contributed by atoms with Gasteiger partial charge in [0, 0.05) is 44.1 Å². The zero-order valence-corrected chi connectivity index (χ0v) is 46.3. The third-order valence-corrected chi connectivity index (χ3v) is 15.1. The molecule has 4 atom stereocenters. The van der Waals surface area contributed by atoms with Crippen molar-refractivity contribution in [2.75, 3.05) is 83.3 Å². The Bertz CT molecular complexity index is 2800. The first-order valence-corrected chi connectivity index (χ1v) is 27.8. The van der Waals surface area contributed by atoms with E-state index in [9.17, 15) is 24.3 Å². The molecule has 1 saturated carbocycles. The molecule has 5 aromatic rings. The van der Waals surface area contributed by atoms with E-state index in [2.05, 4.69) is 53.3 Å². The lowest BCUT2D eigenvalue weighted by Crippen LogP contribution is -2.57. The Labute approximate surface area is 459 Å². The van der Waals surface area contributed by atoms with Crippen LogP contribution in [0.2, 0.25) is 0 Å². The Balaban J connectivity index is 0.666. The zero-order chi connectivity index (χ0) is 55.2. The Morgan fingerprint density at radius 2 is 1.60 bits per heavy atom. The summed E-state index contributed by atoms with van der Waals surface area (Å²) in [6.45, 7) is 12.5. The largest absolute Gasteiger partial charge is 0.495 e. The molecular weight excluding hydrogens is 1020 g/mol. The first-order chi connectivity index (χ1) is 37.7. The summed E-state index contributed by atoms with van der Waals surface area (Å²) in [4.78, 5) is 72.4. The van der Waals surface area contributed by atoms with E-state index in [0.717, 1.165) is 58.3 Å². The van der Waals surface area contributed by atoms with Gasteiger partial charge in [0.05, 0.1) is 100 Å². The summed E-state index contributed by atoms with van der Waals surface area (Å²) in [7, 11) is 1.55. The number of nitrogens with one attached hydrogen (secondary N) is 4. The van der Waals surface area contributed by atoms with E-state index < -0.39 is 29.5 Å². The third kappa shape index (κ3) is 14.5. The lowest BCUT2D eigenvalue weighted by atomic mass is 9.85. The quantitative estimate of drug-likeness (QED) is 0.0410. The number of nitrogens with zero attached hydrogens (tertiary/aromatic N) is 8. The fourth-order valence-corrected chi connectivity index (χ4v) is 10.9. The minimum absolute atomic E-state index is 0.0124. The van der Waals surface area contributed by atoms with Crippen molar-refractivity contribution in [2.24, 2.45) is 5.41 Å². The molecular formula is C55H74N12O10S. The number of carbonyl (C=O) groups excluding carboxylic acids is 4. The minimum atomic E-state index is -0.940. The van der Waals surface area contributed by atoms with Crippen LogP contribution in [0.1, 0.15) is 106 Å². The number of hydrogen-bond acceptors (Lipinski definition) is 18. The summed E-state index contributed by atoms with van der Waals surface area (Å²) < 4.78 is 30.1. The third-order valence-electron chi connectivity index (χ3n) is 14.1. The second-order valence-corrected chi connectivity index (χ2v) is 21.5. The lowest BCUT2D eigenvalue weighted by Gasteiger charge is -2.40. The number of likely N-dealkylation sites (tertiary alicyclic amines) is 1. The van der Waals surface area contributed by atoms with Crippen molar-refractivity contribution in [1.82, 2.24) is 50.6 Å². The van der Waals surface area contributed by atoms with Gasteiger partial charge in [0.2, 0.25) is 23.7 Å².